The molecule has 1 atom stereocenters. The number of para-hydroxylation sites is 1. The Morgan fingerprint density at radius 1 is 1.21 bits per heavy atom. The second-order valence-electron chi connectivity index (χ2n) is 5.83. The van der Waals surface area contributed by atoms with Gasteiger partial charge in [-0.1, -0.05) is 30.0 Å². The second kappa shape index (κ2) is 6.28. The van der Waals surface area contributed by atoms with Gasteiger partial charge in [0, 0.05) is 12.1 Å². The summed E-state index contributed by atoms with van der Waals surface area (Å²) in [6, 6.07) is 11.9. The van der Waals surface area contributed by atoms with Gasteiger partial charge in [0.15, 0.2) is 11.0 Å². The third-order valence-corrected chi connectivity index (χ3v) is 5.50. The van der Waals surface area contributed by atoms with E-state index in [0.717, 1.165) is 40.8 Å². The van der Waals surface area contributed by atoms with Crippen LogP contribution in [0.1, 0.15) is 25.0 Å². The Bertz CT molecular complexity index is 870. The average Bonchev–Trinajstić information content (AvgIpc) is 3.30. The van der Waals surface area contributed by atoms with Crippen LogP contribution in [0.5, 0.6) is 0 Å². The predicted molar refractivity (Wildman–Crippen MR) is 92.3 cm³/mol. The Morgan fingerprint density at radius 3 is 2.71 bits per heavy atom. The van der Waals surface area contributed by atoms with Crippen LogP contribution in [0.25, 0.3) is 17.1 Å². The van der Waals surface area contributed by atoms with Gasteiger partial charge < -0.3 is 4.42 Å². The van der Waals surface area contributed by atoms with Gasteiger partial charge in [-0.15, -0.1) is 10.2 Å². The van der Waals surface area contributed by atoms with Crippen molar-refractivity contribution in [3.63, 3.8) is 0 Å². The third-order valence-electron chi connectivity index (χ3n) is 4.24. The highest BCUT2D eigenvalue weighted by Gasteiger charge is 2.28. The number of Topliss-reactive ketones (excluding diaryl/α,β-unsaturated/α-hetero) is 1. The lowest BCUT2D eigenvalue weighted by molar-refractivity contribution is -0.116. The van der Waals surface area contributed by atoms with E-state index < -0.39 is 0 Å². The van der Waals surface area contributed by atoms with Crippen molar-refractivity contribution < 1.29 is 9.21 Å². The van der Waals surface area contributed by atoms with Crippen molar-refractivity contribution in [2.45, 2.75) is 36.6 Å². The van der Waals surface area contributed by atoms with Crippen molar-refractivity contribution in [2.75, 3.05) is 0 Å². The van der Waals surface area contributed by atoms with E-state index in [9.17, 15) is 4.79 Å². The summed E-state index contributed by atoms with van der Waals surface area (Å²) < 4.78 is 7.44. The SMILES string of the molecule is Cc1occc1-c1nnc(S[C@@H]2CCCC2=O)n1-c1ccccc1. The maximum atomic E-state index is 12.0. The third kappa shape index (κ3) is 2.67. The zero-order chi connectivity index (χ0) is 16.5. The molecule has 24 heavy (non-hydrogen) atoms. The Hall–Kier alpha value is -2.34. The number of hydrogen-bond acceptors (Lipinski definition) is 5. The van der Waals surface area contributed by atoms with E-state index in [2.05, 4.69) is 10.2 Å². The van der Waals surface area contributed by atoms with Crippen molar-refractivity contribution >= 4 is 17.5 Å². The lowest BCUT2D eigenvalue weighted by atomic mass is 10.2. The van der Waals surface area contributed by atoms with Gasteiger partial charge in [0.05, 0.1) is 17.1 Å². The van der Waals surface area contributed by atoms with Crippen molar-refractivity contribution in [2.24, 2.45) is 0 Å². The molecule has 1 aliphatic rings. The number of carbonyl (C=O) groups excluding carboxylic acids is 1. The number of hydrogen-bond donors (Lipinski definition) is 0. The number of ketones is 1. The summed E-state index contributed by atoms with van der Waals surface area (Å²) in [7, 11) is 0. The zero-order valence-corrected chi connectivity index (χ0v) is 14.1. The molecular formula is C18H17N3O2S. The minimum absolute atomic E-state index is 0.0186. The number of rotatable bonds is 4. The fraction of sp³-hybridized carbons (Fsp3) is 0.278. The summed E-state index contributed by atoms with van der Waals surface area (Å²) in [4.78, 5) is 12.0. The van der Waals surface area contributed by atoms with Gasteiger partial charge in [-0.2, -0.15) is 0 Å². The Balaban J connectivity index is 1.81. The van der Waals surface area contributed by atoms with Crippen LogP contribution in [0.15, 0.2) is 52.2 Å². The number of thioether (sulfide) groups is 1. The summed E-state index contributed by atoms with van der Waals surface area (Å²) in [5.74, 6) is 1.84. The highest BCUT2D eigenvalue weighted by Crippen LogP contribution is 2.35. The number of nitrogens with zero attached hydrogens (tertiary/aromatic N) is 3. The maximum Gasteiger partial charge on any atom is 0.196 e. The molecule has 0 unspecified atom stereocenters. The van der Waals surface area contributed by atoms with E-state index in [0.29, 0.717) is 12.2 Å². The van der Waals surface area contributed by atoms with Gasteiger partial charge in [-0.05, 0) is 38.0 Å². The standard InChI is InChI=1S/C18H17N3O2S/c1-12-14(10-11-23-12)17-19-20-18(24-16-9-5-8-15(16)22)21(17)13-6-3-2-4-7-13/h2-4,6-7,10-11,16H,5,8-9H2,1H3/t16-/m1/s1. The summed E-state index contributed by atoms with van der Waals surface area (Å²) in [6.07, 6.45) is 4.20. The Labute approximate surface area is 144 Å². The first-order valence-corrected chi connectivity index (χ1v) is 8.86. The van der Waals surface area contributed by atoms with Crippen LogP contribution in [0.2, 0.25) is 0 Å². The minimum atomic E-state index is -0.0186. The van der Waals surface area contributed by atoms with Crippen molar-refractivity contribution in [3.8, 4) is 17.1 Å². The largest absolute Gasteiger partial charge is 0.469 e. The quantitative estimate of drug-likeness (QED) is 0.717. The van der Waals surface area contributed by atoms with Crippen LogP contribution in [-0.4, -0.2) is 25.8 Å². The molecule has 0 aliphatic heterocycles. The molecule has 1 saturated carbocycles. The number of benzene rings is 1. The van der Waals surface area contributed by atoms with Crippen LogP contribution in [-0.2, 0) is 4.79 Å². The van der Waals surface area contributed by atoms with Gasteiger partial charge in [0.1, 0.15) is 11.5 Å². The summed E-state index contributed by atoms with van der Waals surface area (Å²) in [5.41, 5.74) is 1.89. The molecule has 1 aliphatic carbocycles. The molecule has 0 spiro atoms. The molecule has 0 saturated heterocycles. The molecule has 1 fully saturated rings. The van der Waals surface area contributed by atoms with Gasteiger partial charge in [0.2, 0.25) is 0 Å². The highest BCUT2D eigenvalue weighted by atomic mass is 32.2. The fourth-order valence-corrected chi connectivity index (χ4v) is 4.16. The zero-order valence-electron chi connectivity index (χ0n) is 13.3. The molecule has 4 rings (SSSR count). The van der Waals surface area contributed by atoms with Crippen LogP contribution in [0.4, 0.5) is 0 Å². The number of aromatic nitrogens is 3. The predicted octanol–water partition coefficient (Wildman–Crippen LogP) is 4.05. The van der Waals surface area contributed by atoms with Gasteiger partial charge in [-0.3, -0.25) is 9.36 Å². The molecule has 2 heterocycles. The Kier molecular flexibility index (Phi) is 3.98. The number of aryl methyl sites for hydroxylation is 1. The van der Waals surface area contributed by atoms with Gasteiger partial charge >= 0.3 is 0 Å². The van der Waals surface area contributed by atoms with E-state index in [1.807, 2.05) is 47.9 Å². The molecule has 122 valence electrons. The van der Waals surface area contributed by atoms with Crippen LogP contribution >= 0.6 is 11.8 Å². The first-order valence-electron chi connectivity index (χ1n) is 7.98. The molecule has 0 bridgehead atoms. The normalized spacial score (nSPS) is 17.5. The maximum absolute atomic E-state index is 12.0. The van der Waals surface area contributed by atoms with Crippen LogP contribution in [0, 0.1) is 6.92 Å². The first kappa shape index (κ1) is 15.2. The van der Waals surface area contributed by atoms with Crippen LogP contribution < -0.4 is 0 Å². The molecular weight excluding hydrogens is 322 g/mol. The van der Waals surface area contributed by atoms with Gasteiger partial charge in [-0.25, -0.2) is 0 Å². The monoisotopic (exact) mass is 339 g/mol. The van der Waals surface area contributed by atoms with E-state index >= 15 is 0 Å². The average molecular weight is 339 g/mol. The van der Waals surface area contributed by atoms with Crippen LogP contribution in [0.3, 0.4) is 0 Å². The highest BCUT2D eigenvalue weighted by molar-refractivity contribution is 8.00. The Morgan fingerprint density at radius 2 is 2.04 bits per heavy atom. The van der Waals surface area contributed by atoms with Crippen molar-refractivity contribution in [3.05, 3.63) is 48.4 Å². The van der Waals surface area contributed by atoms with E-state index in [1.165, 1.54) is 11.8 Å². The fourth-order valence-electron chi connectivity index (χ4n) is 2.98. The first-order chi connectivity index (χ1) is 11.7. The van der Waals surface area contributed by atoms with E-state index in [-0.39, 0.29) is 5.25 Å². The summed E-state index contributed by atoms with van der Waals surface area (Å²) >= 11 is 1.51. The van der Waals surface area contributed by atoms with E-state index in [1.54, 1.807) is 6.26 Å². The number of carbonyl (C=O) groups is 1. The smallest absolute Gasteiger partial charge is 0.196 e. The molecule has 1 aromatic carbocycles. The molecule has 6 heteroatoms. The minimum Gasteiger partial charge on any atom is -0.469 e. The topological polar surface area (TPSA) is 60.9 Å². The lowest BCUT2D eigenvalue weighted by Gasteiger charge is -2.11. The molecule has 0 radical (unpaired) electrons. The lowest BCUT2D eigenvalue weighted by Crippen LogP contribution is -2.10. The molecule has 3 aromatic rings. The number of furan rings is 1. The molecule has 5 nitrogen and oxygen atoms in total. The summed E-state index contributed by atoms with van der Waals surface area (Å²) in [5, 5.41) is 9.48. The molecule has 0 N–H and O–H groups in total. The van der Waals surface area contributed by atoms with Crippen molar-refractivity contribution in [1.29, 1.82) is 0 Å². The van der Waals surface area contributed by atoms with Gasteiger partial charge in [0.25, 0.3) is 0 Å². The van der Waals surface area contributed by atoms with Crippen molar-refractivity contribution in [1.82, 2.24) is 14.8 Å². The van der Waals surface area contributed by atoms with E-state index in [4.69, 9.17) is 4.42 Å². The summed E-state index contributed by atoms with van der Waals surface area (Å²) in [6.45, 7) is 1.91. The molecule has 0 amide bonds. The second-order valence-corrected chi connectivity index (χ2v) is 7.00. The molecule has 2 aromatic heterocycles.